The van der Waals surface area contributed by atoms with Gasteiger partial charge < -0.3 is 19.3 Å². The Morgan fingerprint density at radius 3 is 2.60 bits per heavy atom. The zero-order valence-corrected chi connectivity index (χ0v) is 11.4. The number of ether oxygens (including phenoxy) is 3. The number of fused-ring (bicyclic) bond motifs is 1. The normalized spacial score (nSPS) is 25.6. The van der Waals surface area contributed by atoms with Crippen molar-refractivity contribution >= 4 is 10.0 Å². The number of sulfonamides is 1. The number of nitrogens with one attached hydrogen (secondary N) is 1. The lowest BCUT2D eigenvalue weighted by Crippen LogP contribution is -2.42. The highest BCUT2D eigenvalue weighted by molar-refractivity contribution is 7.89. The van der Waals surface area contributed by atoms with Crippen LogP contribution in [0.25, 0.3) is 0 Å². The maximum absolute atomic E-state index is 12.2. The number of rotatable bonds is 3. The van der Waals surface area contributed by atoms with Crippen LogP contribution in [0.2, 0.25) is 0 Å². The molecule has 1 aromatic rings. The molecule has 0 saturated carbocycles. The van der Waals surface area contributed by atoms with Gasteiger partial charge in [-0.3, -0.25) is 0 Å². The molecule has 1 saturated heterocycles. The van der Waals surface area contributed by atoms with Crippen LogP contribution in [0.3, 0.4) is 0 Å². The summed E-state index contributed by atoms with van der Waals surface area (Å²) in [6.45, 7) is 1.13. The fourth-order valence-electron chi connectivity index (χ4n) is 2.11. The molecular weight excluding hydrogens is 286 g/mol. The van der Waals surface area contributed by atoms with Crippen molar-refractivity contribution < 1.29 is 27.7 Å². The number of aliphatic hydroxyl groups excluding tert-OH is 1. The third kappa shape index (κ3) is 2.59. The summed E-state index contributed by atoms with van der Waals surface area (Å²) in [5.41, 5.74) is 0. The van der Waals surface area contributed by atoms with Crippen LogP contribution < -0.4 is 14.2 Å². The van der Waals surface area contributed by atoms with Gasteiger partial charge in [0.25, 0.3) is 0 Å². The number of benzene rings is 1. The van der Waals surface area contributed by atoms with Crippen molar-refractivity contribution in [3.05, 3.63) is 18.2 Å². The van der Waals surface area contributed by atoms with E-state index < -0.39 is 22.2 Å². The largest absolute Gasteiger partial charge is 0.486 e. The molecule has 2 atom stereocenters. The van der Waals surface area contributed by atoms with E-state index >= 15 is 0 Å². The van der Waals surface area contributed by atoms with Crippen LogP contribution in [0.15, 0.2) is 23.1 Å². The highest BCUT2D eigenvalue weighted by Gasteiger charge is 2.31. The lowest BCUT2D eigenvalue weighted by atomic mass is 10.2. The lowest BCUT2D eigenvalue weighted by Gasteiger charge is -2.20. The Labute approximate surface area is 116 Å². The molecule has 7 nitrogen and oxygen atoms in total. The number of hydrogen-bond donors (Lipinski definition) is 2. The van der Waals surface area contributed by atoms with Gasteiger partial charge in [-0.2, -0.15) is 0 Å². The fourth-order valence-corrected chi connectivity index (χ4v) is 3.38. The van der Waals surface area contributed by atoms with Crippen LogP contribution in [-0.2, 0) is 14.8 Å². The van der Waals surface area contributed by atoms with E-state index in [2.05, 4.69) is 4.72 Å². The maximum atomic E-state index is 12.2. The van der Waals surface area contributed by atoms with Crippen LogP contribution in [0, 0.1) is 0 Å². The van der Waals surface area contributed by atoms with Gasteiger partial charge in [-0.1, -0.05) is 0 Å². The van der Waals surface area contributed by atoms with Crippen LogP contribution in [0.4, 0.5) is 0 Å². The van der Waals surface area contributed by atoms with Gasteiger partial charge in [-0.25, -0.2) is 13.1 Å². The van der Waals surface area contributed by atoms with Gasteiger partial charge in [0, 0.05) is 6.07 Å². The molecule has 0 radical (unpaired) electrons. The van der Waals surface area contributed by atoms with Crippen LogP contribution in [-0.4, -0.2) is 52.1 Å². The summed E-state index contributed by atoms with van der Waals surface area (Å²) in [4.78, 5) is 0.0702. The predicted octanol–water partition coefficient (Wildman–Crippen LogP) is -0.504. The summed E-state index contributed by atoms with van der Waals surface area (Å²) in [6, 6.07) is 3.79. The molecule has 0 aromatic heterocycles. The minimum Gasteiger partial charge on any atom is -0.486 e. The van der Waals surface area contributed by atoms with Gasteiger partial charge >= 0.3 is 0 Å². The second-order valence-electron chi connectivity index (χ2n) is 4.64. The zero-order valence-electron chi connectivity index (χ0n) is 10.6. The van der Waals surface area contributed by atoms with Crippen LogP contribution in [0.1, 0.15) is 0 Å². The SMILES string of the molecule is O=S(=O)(N[C@H]1COC[C@@H]1O)c1ccc2c(c1)OCCO2. The van der Waals surface area contributed by atoms with Crippen molar-refractivity contribution in [1.82, 2.24) is 4.72 Å². The second-order valence-corrected chi connectivity index (χ2v) is 6.35. The van der Waals surface area contributed by atoms with E-state index in [0.29, 0.717) is 24.7 Å². The Morgan fingerprint density at radius 1 is 1.15 bits per heavy atom. The van der Waals surface area contributed by atoms with Gasteiger partial charge in [0.2, 0.25) is 10.0 Å². The first-order chi connectivity index (χ1) is 9.56. The van der Waals surface area contributed by atoms with Gasteiger partial charge in [0.15, 0.2) is 11.5 Å². The average molecular weight is 301 g/mol. The summed E-state index contributed by atoms with van der Waals surface area (Å²) in [5.74, 6) is 0.932. The summed E-state index contributed by atoms with van der Waals surface area (Å²) < 4.78 is 42.6. The topological polar surface area (TPSA) is 94.1 Å². The Morgan fingerprint density at radius 2 is 1.90 bits per heavy atom. The maximum Gasteiger partial charge on any atom is 0.241 e. The molecule has 2 aliphatic heterocycles. The molecule has 0 unspecified atom stereocenters. The second kappa shape index (κ2) is 5.21. The average Bonchev–Trinajstić information content (AvgIpc) is 2.83. The van der Waals surface area contributed by atoms with E-state index in [1.807, 2.05) is 0 Å². The fraction of sp³-hybridized carbons (Fsp3) is 0.500. The molecule has 0 spiro atoms. The highest BCUT2D eigenvalue weighted by atomic mass is 32.2. The number of hydrogen-bond acceptors (Lipinski definition) is 6. The molecule has 2 aliphatic rings. The van der Waals surface area contributed by atoms with E-state index in [-0.39, 0.29) is 18.1 Å². The first-order valence-electron chi connectivity index (χ1n) is 6.24. The van der Waals surface area contributed by atoms with Crippen molar-refractivity contribution in [3.63, 3.8) is 0 Å². The highest BCUT2D eigenvalue weighted by Crippen LogP contribution is 2.32. The smallest absolute Gasteiger partial charge is 0.241 e. The van der Waals surface area contributed by atoms with Crippen molar-refractivity contribution in [2.45, 2.75) is 17.0 Å². The summed E-state index contributed by atoms with van der Waals surface area (Å²) in [5, 5.41) is 9.59. The molecule has 20 heavy (non-hydrogen) atoms. The molecule has 2 N–H and O–H groups in total. The third-order valence-corrected chi connectivity index (χ3v) is 4.67. The zero-order chi connectivity index (χ0) is 14.2. The Hall–Kier alpha value is -1.35. The molecule has 8 heteroatoms. The van der Waals surface area contributed by atoms with Crippen molar-refractivity contribution in [1.29, 1.82) is 0 Å². The van der Waals surface area contributed by atoms with Crippen molar-refractivity contribution in [3.8, 4) is 11.5 Å². The molecule has 0 aliphatic carbocycles. The van der Waals surface area contributed by atoms with E-state index in [9.17, 15) is 13.5 Å². The summed E-state index contributed by atoms with van der Waals surface area (Å²) in [6.07, 6.45) is -0.831. The first-order valence-corrected chi connectivity index (χ1v) is 7.72. The Bertz CT molecular complexity index is 602. The standard InChI is InChI=1S/C12H15NO6S/c14-10-7-17-6-9(10)13-20(15,16)8-1-2-11-12(5-8)19-4-3-18-11/h1-2,5,9-10,13-14H,3-4,6-7H2/t9-,10-/m0/s1. The number of aliphatic hydroxyl groups is 1. The quantitative estimate of drug-likeness (QED) is 0.781. The van der Waals surface area contributed by atoms with Gasteiger partial charge in [-0.05, 0) is 12.1 Å². The van der Waals surface area contributed by atoms with E-state index in [1.165, 1.54) is 12.1 Å². The minimum absolute atomic E-state index is 0.0702. The van der Waals surface area contributed by atoms with E-state index in [0.717, 1.165) is 0 Å². The molecule has 0 bridgehead atoms. The molecule has 2 heterocycles. The minimum atomic E-state index is -3.74. The van der Waals surface area contributed by atoms with Gasteiger partial charge in [0.1, 0.15) is 13.2 Å². The Kier molecular flexibility index (Phi) is 3.55. The predicted molar refractivity (Wildman–Crippen MR) is 68.4 cm³/mol. The lowest BCUT2D eigenvalue weighted by molar-refractivity contribution is 0.124. The van der Waals surface area contributed by atoms with Crippen LogP contribution in [0.5, 0.6) is 11.5 Å². The molecule has 110 valence electrons. The Balaban J connectivity index is 1.83. The first kappa shape index (κ1) is 13.6. The van der Waals surface area contributed by atoms with Gasteiger partial charge in [-0.15, -0.1) is 0 Å². The summed E-state index contributed by atoms with van der Waals surface area (Å²) >= 11 is 0. The van der Waals surface area contributed by atoms with Crippen molar-refractivity contribution in [2.24, 2.45) is 0 Å². The molecule has 0 amide bonds. The molecular formula is C12H15NO6S. The van der Waals surface area contributed by atoms with E-state index in [4.69, 9.17) is 14.2 Å². The monoisotopic (exact) mass is 301 g/mol. The third-order valence-electron chi connectivity index (χ3n) is 3.18. The molecule has 1 aromatic carbocycles. The van der Waals surface area contributed by atoms with E-state index in [1.54, 1.807) is 6.07 Å². The molecule has 3 rings (SSSR count). The van der Waals surface area contributed by atoms with Gasteiger partial charge in [0.05, 0.1) is 30.3 Å². The summed E-state index contributed by atoms with van der Waals surface area (Å²) in [7, 11) is -3.74. The van der Waals surface area contributed by atoms with Crippen LogP contribution >= 0.6 is 0 Å². The molecule has 1 fully saturated rings. The van der Waals surface area contributed by atoms with Crippen molar-refractivity contribution in [2.75, 3.05) is 26.4 Å².